The Morgan fingerprint density at radius 3 is 2.76 bits per heavy atom. The van der Waals surface area contributed by atoms with E-state index in [1.165, 1.54) is 12.1 Å². The Balaban J connectivity index is 2.19. The molecule has 0 fully saturated rings. The van der Waals surface area contributed by atoms with E-state index >= 15 is 0 Å². The highest BCUT2D eigenvalue weighted by molar-refractivity contribution is 6.34. The molecule has 21 heavy (non-hydrogen) atoms. The van der Waals surface area contributed by atoms with E-state index in [-0.39, 0.29) is 10.6 Å². The molecule has 0 aromatic heterocycles. The summed E-state index contributed by atoms with van der Waals surface area (Å²) in [6, 6.07) is 10.8. The van der Waals surface area contributed by atoms with Crippen LogP contribution in [-0.2, 0) is 0 Å². The van der Waals surface area contributed by atoms with Crippen molar-refractivity contribution in [2.24, 2.45) is 0 Å². The minimum atomic E-state index is -0.483. The van der Waals surface area contributed by atoms with Crippen LogP contribution in [-0.4, -0.2) is 12.5 Å². The third-order valence-electron chi connectivity index (χ3n) is 2.77. The predicted octanol–water partition coefficient (Wildman–Crippen LogP) is 4.52. The summed E-state index contributed by atoms with van der Waals surface area (Å²) in [5, 5.41) is 2.79. The zero-order valence-electron chi connectivity index (χ0n) is 11.5. The van der Waals surface area contributed by atoms with Crippen molar-refractivity contribution in [1.29, 1.82) is 0 Å². The number of rotatable bonds is 5. The summed E-state index contributed by atoms with van der Waals surface area (Å²) >= 11 is 5.88. The Kier molecular flexibility index (Phi) is 5.17. The predicted molar refractivity (Wildman–Crippen MR) is 81.6 cm³/mol. The maximum atomic E-state index is 13.0. The number of anilines is 1. The van der Waals surface area contributed by atoms with Crippen molar-refractivity contribution >= 4 is 23.2 Å². The molecule has 0 heterocycles. The van der Waals surface area contributed by atoms with Crippen LogP contribution < -0.4 is 10.1 Å². The lowest BCUT2D eigenvalue weighted by Gasteiger charge is -2.12. The molecule has 3 nitrogen and oxygen atoms in total. The quantitative estimate of drug-likeness (QED) is 0.882. The zero-order valence-corrected chi connectivity index (χ0v) is 12.3. The number of hydrogen-bond donors (Lipinski definition) is 1. The average Bonchev–Trinajstić information content (AvgIpc) is 2.46. The first-order valence-corrected chi connectivity index (χ1v) is 6.98. The second-order valence-electron chi connectivity index (χ2n) is 4.42. The molecule has 0 atom stereocenters. The van der Waals surface area contributed by atoms with Gasteiger partial charge < -0.3 is 10.1 Å². The molecular weight excluding hydrogens is 293 g/mol. The van der Waals surface area contributed by atoms with E-state index in [9.17, 15) is 9.18 Å². The van der Waals surface area contributed by atoms with Crippen LogP contribution in [0.1, 0.15) is 23.7 Å². The summed E-state index contributed by atoms with van der Waals surface area (Å²) in [4.78, 5) is 12.2. The summed E-state index contributed by atoms with van der Waals surface area (Å²) in [7, 11) is 0. The molecule has 0 radical (unpaired) electrons. The topological polar surface area (TPSA) is 38.3 Å². The number of ether oxygens (including phenoxy) is 1. The van der Waals surface area contributed by atoms with Gasteiger partial charge in [0.05, 0.1) is 22.9 Å². The molecule has 2 rings (SSSR count). The summed E-state index contributed by atoms with van der Waals surface area (Å²) in [5.74, 6) is -0.304. The summed E-state index contributed by atoms with van der Waals surface area (Å²) in [6.07, 6.45) is 0.867. The molecule has 0 aliphatic rings. The Bertz CT molecular complexity index is 646. The number of carbonyl (C=O) groups excluding carboxylic acids is 1. The molecule has 0 aliphatic carbocycles. The monoisotopic (exact) mass is 307 g/mol. The van der Waals surface area contributed by atoms with Crippen molar-refractivity contribution in [2.75, 3.05) is 11.9 Å². The van der Waals surface area contributed by atoms with Gasteiger partial charge in [0.1, 0.15) is 11.6 Å². The van der Waals surface area contributed by atoms with Gasteiger partial charge in [0.25, 0.3) is 5.91 Å². The fourth-order valence-corrected chi connectivity index (χ4v) is 2.02. The molecule has 0 spiro atoms. The molecule has 0 saturated carbocycles. The molecule has 0 unspecified atom stereocenters. The minimum absolute atomic E-state index is 0.0689. The van der Waals surface area contributed by atoms with Crippen molar-refractivity contribution in [1.82, 2.24) is 0 Å². The third kappa shape index (κ3) is 3.95. The van der Waals surface area contributed by atoms with E-state index in [4.69, 9.17) is 16.3 Å². The zero-order chi connectivity index (χ0) is 15.2. The SMILES string of the molecule is CCCOc1ccccc1NC(=O)c1ccc(F)cc1Cl. The van der Waals surface area contributed by atoms with Gasteiger partial charge in [0.2, 0.25) is 0 Å². The number of para-hydroxylation sites is 2. The molecule has 2 aromatic carbocycles. The van der Waals surface area contributed by atoms with E-state index in [1.807, 2.05) is 13.0 Å². The fraction of sp³-hybridized carbons (Fsp3) is 0.188. The van der Waals surface area contributed by atoms with E-state index in [1.54, 1.807) is 18.2 Å². The second-order valence-corrected chi connectivity index (χ2v) is 4.83. The lowest BCUT2D eigenvalue weighted by atomic mass is 10.2. The van der Waals surface area contributed by atoms with Crippen LogP contribution in [0.15, 0.2) is 42.5 Å². The summed E-state index contributed by atoms with van der Waals surface area (Å²) in [6.45, 7) is 2.56. The average molecular weight is 308 g/mol. The Hall–Kier alpha value is -2.07. The highest BCUT2D eigenvalue weighted by Crippen LogP contribution is 2.26. The van der Waals surface area contributed by atoms with Crippen LogP contribution in [0.4, 0.5) is 10.1 Å². The molecule has 1 N–H and O–H groups in total. The maximum absolute atomic E-state index is 13.0. The van der Waals surface area contributed by atoms with Crippen molar-refractivity contribution in [3.05, 3.63) is 58.9 Å². The fourth-order valence-electron chi connectivity index (χ4n) is 1.77. The van der Waals surface area contributed by atoms with Gasteiger partial charge in [0, 0.05) is 0 Å². The van der Waals surface area contributed by atoms with Crippen molar-refractivity contribution in [2.45, 2.75) is 13.3 Å². The van der Waals surface area contributed by atoms with Gasteiger partial charge in [-0.3, -0.25) is 4.79 Å². The number of hydrogen-bond acceptors (Lipinski definition) is 2. The Morgan fingerprint density at radius 1 is 1.29 bits per heavy atom. The molecule has 110 valence electrons. The molecule has 0 saturated heterocycles. The van der Waals surface area contributed by atoms with Crippen LogP contribution >= 0.6 is 11.6 Å². The van der Waals surface area contributed by atoms with Crippen molar-refractivity contribution in [3.8, 4) is 5.75 Å². The van der Waals surface area contributed by atoms with Gasteiger partial charge in [-0.15, -0.1) is 0 Å². The first-order chi connectivity index (χ1) is 10.1. The second kappa shape index (κ2) is 7.09. The summed E-state index contributed by atoms with van der Waals surface area (Å²) in [5.41, 5.74) is 0.764. The first-order valence-electron chi connectivity index (χ1n) is 6.60. The van der Waals surface area contributed by atoms with Crippen LogP contribution in [0.25, 0.3) is 0 Å². The van der Waals surface area contributed by atoms with Gasteiger partial charge in [-0.2, -0.15) is 0 Å². The molecule has 0 bridgehead atoms. The number of carbonyl (C=O) groups is 1. The van der Waals surface area contributed by atoms with Gasteiger partial charge >= 0.3 is 0 Å². The third-order valence-corrected chi connectivity index (χ3v) is 3.09. The molecule has 2 aromatic rings. The number of amides is 1. The van der Waals surface area contributed by atoms with Gasteiger partial charge in [0.15, 0.2) is 0 Å². The largest absolute Gasteiger partial charge is 0.491 e. The number of benzene rings is 2. The first kappa shape index (κ1) is 15.3. The standard InChI is InChI=1S/C16H15ClFNO2/c1-2-9-21-15-6-4-3-5-14(15)19-16(20)12-8-7-11(18)10-13(12)17/h3-8,10H,2,9H2,1H3,(H,19,20). The van der Waals surface area contributed by atoms with Gasteiger partial charge in [-0.1, -0.05) is 30.7 Å². The molecule has 0 aliphatic heterocycles. The normalized spacial score (nSPS) is 10.2. The highest BCUT2D eigenvalue weighted by Gasteiger charge is 2.13. The van der Waals surface area contributed by atoms with Crippen molar-refractivity contribution < 1.29 is 13.9 Å². The van der Waals surface area contributed by atoms with Crippen LogP contribution in [0, 0.1) is 5.82 Å². The summed E-state index contributed by atoms with van der Waals surface area (Å²) < 4.78 is 18.6. The number of nitrogens with one attached hydrogen (secondary N) is 1. The van der Waals surface area contributed by atoms with Crippen molar-refractivity contribution in [3.63, 3.8) is 0 Å². The minimum Gasteiger partial charge on any atom is -0.491 e. The lowest BCUT2D eigenvalue weighted by Crippen LogP contribution is -2.13. The van der Waals surface area contributed by atoms with E-state index in [2.05, 4.69) is 5.32 Å². The molecule has 5 heteroatoms. The lowest BCUT2D eigenvalue weighted by molar-refractivity contribution is 0.102. The maximum Gasteiger partial charge on any atom is 0.257 e. The van der Waals surface area contributed by atoms with Gasteiger partial charge in [-0.25, -0.2) is 4.39 Å². The van der Waals surface area contributed by atoms with Crippen LogP contribution in [0.3, 0.4) is 0 Å². The number of halogens is 2. The van der Waals surface area contributed by atoms with E-state index in [0.717, 1.165) is 12.5 Å². The van der Waals surface area contributed by atoms with E-state index < -0.39 is 11.7 Å². The molecular formula is C16H15ClFNO2. The van der Waals surface area contributed by atoms with Crippen LogP contribution in [0.2, 0.25) is 5.02 Å². The highest BCUT2D eigenvalue weighted by atomic mass is 35.5. The van der Waals surface area contributed by atoms with E-state index in [0.29, 0.717) is 18.0 Å². The van der Waals surface area contributed by atoms with Crippen LogP contribution in [0.5, 0.6) is 5.75 Å². The smallest absolute Gasteiger partial charge is 0.257 e. The molecule has 1 amide bonds. The van der Waals surface area contributed by atoms with Gasteiger partial charge in [-0.05, 0) is 36.8 Å². The Morgan fingerprint density at radius 2 is 2.05 bits per heavy atom. The Labute approximate surface area is 127 Å².